The lowest BCUT2D eigenvalue weighted by Gasteiger charge is -2.35. The third-order valence-corrected chi connectivity index (χ3v) is 8.98. The maximum Gasteiger partial charge on any atom is 0.417 e. The molecule has 2 N–H and O–H groups in total. The summed E-state index contributed by atoms with van der Waals surface area (Å²) >= 11 is 0.701. The van der Waals surface area contributed by atoms with Gasteiger partial charge in [-0.25, -0.2) is 22.5 Å². The molecule has 2 fully saturated rings. The highest BCUT2D eigenvalue weighted by molar-refractivity contribution is 7.22. The molecule has 2 aliphatic heterocycles. The van der Waals surface area contributed by atoms with Crippen molar-refractivity contribution in [3.8, 4) is 17.1 Å². The van der Waals surface area contributed by atoms with E-state index in [4.69, 9.17) is 10.5 Å². The highest BCUT2D eigenvalue weighted by atomic mass is 32.1. The molecule has 2 aromatic heterocycles. The topological polar surface area (TPSA) is 101 Å². The van der Waals surface area contributed by atoms with E-state index in [1.54, 1.807) is 4.90 Å². The second-order valence-electron chi connectivity index (χ2n) is 11.1. The van der Waals surface area contributed by atoms with E-state index in [-0.39, 0.29) is 70.8 Å². The predicted molar refractivity (Wildman–Crippen MR) is 158 cm³/mol. The summed E-state index contributed by atoms with van der Waals surface area (Å²) in [6, 6.07) is 1.42. The summed E-state index contributed by atoms with van der Waals surface area (Å²) in [5.41, 5.74) is 2.26. The lowest BCUT2D eigenvalue weighted by atomic mass is 9.95. The molecular formula is C29H26F7N7O2S. The smallest absolute Gasteiger partial charge is 0.417 e. The fraction of sp³-hybridized carbons (Fsp3) is 0.379. The molecule has 0 spiro atoms. The van der Waals surface area contributed by atoms with Crippen LogP contribution in [0.3, 0.4) is 0 Å². The van der Waals surface area contributed by atoms with Crippen molar-refractivity contribution in [2.75, 3.05) is 57.0 Å². The summed E-state index contributed by atoms with van der Waals surface area (Å²) in [5, 5.41) is -0.432. The molecule has 2 saturated heterocycles. The fourth-order valence-corrected chi connectivity index (χ4v) is 6.63. The lowest BCUT2D eigenvalue weighted by molar-refractivity contribution is -0.137. The Hall–Kier alpha value is -4.25. The molecule has 6 rings (SSSR count). The minimum Gasteiger partial charge on any atom is -0.462 e. The van der Waals surface area contributed by atoms with Crippen LogP contribution in [-0.2, 0) is 11.0 Å². The minimum atomic E-state index is -5.09. The molecule has 4 aromatic rings. The number of likely N-dealkylation sites (tertiary alicyclic amines) is 1. The van der Waals surface area contributed by atoms with Gasteiger partial charge in [-0.3, -0.25) is 9.69 Å². The second-order valence-corrected chi connectivity index (χ2v) is 12.1. The van der Waals surface area contributed by atoms with Gasteiger partial charge in [0.25, 0.3) is 5.92 Å². The highest BCUT2D eigenvalue weighted by Gasteiger charge is 2.44. The number of nitrogens with zero attached hydrogens (tertiary/aromatic N) is 6. The Morgan fingerprint density at radius 2 is 1.87 bits per heavy atom. The van der Waals surface area contributed by atoms with Gasteiger partial charge in [0, 0.05) is 55.2 Å². The summed E-state index contributed by atoms with van der Waals surface area (Å²) < 4.78 is 109. The Bertz CT molecular complexity index is 1860. The zero-order chi connectivity index (χ0) is 33.1. The van der Waals surface area contributed by atoms with E-state index in [0.717, 1.165) is 18.2 Å². The number of nitrogens with two attached hydrogens (primary N) is 1. The third kappa shape index (κ3) is 5.77. The highest BCUT2D eigenvalue weighted by Crippen LogP contribution is 2.46. The summed E-state index contributed by atoms with van der Waals surface area (Å²) in [6.07, 6.45) is -4.46. The van der Waals surface area contributed by atoms with E-state index in [0.29, 0.717) is 17.4 Å². The van der Waals surface area contributed by atoms with Gasteiger partial charge in [0.05, 0.1) is 22.3 Å². The van der Waals surface area contributed by atoms with Gasteiger partial charge in [-0.2, -0.15) is 23.1 Å². The molecule has 244 valence electrons. The Morgan fingerprint density at radius 1 is 1.15 bits per heavy atom. The molecule has 2 aliphatic rings. The maximum atomic E-state index is 16.6. The Labute approximate surface area is 261 Å². The molecule has 0 radical (unpaired) electrons. The maximum absolute atomic E-state index is 16.6. The largest absolute Gasteiger partial charge is 0.462 e. The Morgan fingerprint density at radius 3 is 2.50 bits per heavy atom. The summed E-state index contributed by atoms with van der Waals surface area (Å²) in [6.45, 7) is 3.23. The van der Waals surface area contributed by atoms with Crippen molar-refractivity contribution in [2.45, 2.75) is 24.6 Å². The Kier molecular flexibility index (Phi) is 7.95. The number of fused-ring (bicyclic) bond motifs is 2. The van der Waals surface area contributed by atoms with Gasteiger partial charge < -0.3 is 20.3 Å². The van der Waals surface area contributed by atoms with Crippen LogP contribution in [0, 0.1) is 11.6 Å². The number of amides is 1. The number of aromatic nitrogens is 3. The van der Waals surface area contributed by atoms with Crippen molar-refractivity contribution in [2.24, 2.45) is 0 Å². The summed E-state index contributed by atoms with van der Waals surface area (Å²) in [7, 11) is 1.49. The second kappa shape index (κ2) is 11.5. The number of hydrogen-bond donors (Lipinski definition) is 1. The number of ether oxygens (including phenoxy) is 1. The van der Waals surface area contributed by atoms with Crippen LogP contribution in [-0.4, -0.2) is 89.0 Å². The van der Waals surface area contributed by atoms with Crippen LogP contribution >= 0.6 is 11.3 Å². The number of likely N-dealkylation sites (N-methyl/N-ethyl adjacent to an activating group) is 1. The van der Waals surface area contributed by atoms with E-state index < -0.39 is 65.4 Å². The van der Waals surface area contributed by atoms with Gasteiger partial charge in [0.15, 0.2) is 10.9 Å². The number of anilines is 2. The van der Waals surface area contributed by atoms with Crippen LogP contribution in [0.1, 0.15) is 12.0 Å². The van der Waals surface area contributed by atoms with Crippen LogP contribution in [0.25, 0.3) is 32.2 Å². The van der Waals surface area contributed by atoms with E-state index in [1.807, 2.05) is 0 Å². The quantitative estimate of drug-likeness (QED) is 0.217. The molecule has 1 unspecified atom stereocenters. The van der Waals surface area contributed by atoms with Gasteiger partial charge in [-0.15, -0.1) is 0 Å². The van der Waals surface area contributed by atoms with Crippen LogP contribution in [0.5, 0.6) is 6.01 Å². The number of alkyl halides is 5. The number of halogens is 7. The van der Waals surface area contributed by atoms with Crippen molar-refractivity contribution < 1.29 is 40.3 Å². The number of carbonyl (C=O) groups excluding carboxylic acids is 1. The van der Waals surface area contributed by atoms with Crippen molar-refractivity contribution >= 4 is 49.3 Å². The number of thiazole rings is 1. The monoisotopic (exact) mass is 669 g/mol. The van der Waals surface area contributed by atoms with Gasteiger partial charge >= 0.3 is 12.2 Å². The van der Waals surface area contributed by atoms with E-state index in [1.165, 1.54) is 16.8 Å². The number of hydrogen-bond acceptors (Lipinski definition) is 9. The molecular weight excluding hydrogens is 643 g/mol. The first kappa shape index (κ1) is 31.7. The molecule has 0 saturated carbocycles. The lowest BCUT2D eigenvalue weighted by Crippen LogP contribution is -2.48. The van der Waals surface area contributed by atoms with Gasteiger partial charge in [-0.1, -0.05) is 17.9 Å². The molecule has 46 heavy (non-hydrogen) atoms. The first-order valence-electron chi connectivity index (χ1n) is 14.0. The van der Waals surface area contributed by atoms with E-state index in [2.05, 4.69) is 21.5 Å². The SMILES string of the molecule is C=CC(=O)N1CCN(c2nc(OCC3CC(F)(F)CN3C)nc3c(F)c(-c4ccc(F)c5sc(N)nc45)c(C(F)(F)F)cc23)CC1. The molecule has 1 atom stereocenters. The summed E-state index contributed by atoms with van der Waals surface area (Å²) in [4.78, 5) is 29.0. The molecule has 2 aromatic carbocycles. The van der Waals surface area contributed by atoms with Crippen molar-refractivity contribution in [1.82, 2.24) is 24.8 Å². The molecule has 0 bridgehead atoms. The molecule has 1 amide bonds. The van der Waals surface area contributed by atoms with E-state index in [9.17, 15) is 31.1 Å². The van der Waals surface area contributed by atoms with Crippen LogP contribution in [0.4, 0.5) is 41.7 Å². The van der Waals surface area contributed by atoms with Crippen LogP contribution in [0.2, 0.25) is 0 Å². The zero-order valence-corrected chi connectivity index (χ0v) is 25.0. The minimum absolute atomic E-state index is 0.103. The number of nitrogen functional groups attached to an aromatic ring is 1. The fourth-order valence-electron chi connectivity index (χ4n) is 5.86. The average Bonchev–Trinajstić information content (AvgIpc) is 3.53. The van der Waals surface area contributed by atoms with E-state index >= 15 is 4.39 Å². The first-order chi connectivity index (χ1) is 21.7. The van der Waals surface area contributed by atoms with Crippen molar-refractivity contribution in [3.05, 3.63) is 48.1 Å². The Balaban J connectivity index is 1.52. The molecule has 17 heteroatoms. The molecule has 0 aliphatic carbocycles. The molecule has 4 heterocycles. The number of carbonyl (C=O) groups is 1. The standard InChI is InChI=1S/C29H26F7N7O2S/c1-3-19(44)42-6-8-43(9-7-42)25-16-10-17(29(34,35)36)20(15-4-5-18(30)24-23(15)38-26(37)46-24)21(31)22(16)39-27(40-25)45-12-14-11-28(32,33)13-41(14)2/h3-5,10,14H,1,6-9,11-13H2,2H3,(H2,37,38). The van der Waals surface area contributed by atoms with Crippen molar-refractivity contribution in [1.29, 1.82) is 0 Å². The molecule has 9 nitrogen and oxygen atoms in total. The predicted octanol–water partition coefficient (Wildman–Crippen LogP) is 5.34. The normalized spacial score (nSPS) is 18.9. The zero-order valence-electron chi connectivity index (χ0n) is 24.2. The number of piperazine rings is 1. The van der Waals surface area contributed by atoms with Crippen LogP contribution in [0.15, 0.2) is 30.9 Å². The van der Waals surface area contributed by atoms with Crippen LogP contribution < -0.4 is 15.4 Å². The number of rotatable bonds is 6. The van der Waals surface area contributed by atoms with Gasteiger partial charge in [0.1, 0.15) is 23.8 Å². The van der Waals surface area contributed by atoms with Gasteiger partial charge in [0.2, 0.25) is 5.91 Å². The average molecular weight is 670 g/mol. The third-order valence-electron chi connectivity index (χ3n) is 8.09. The first-order valence-corrected chi connectivity index (χ1v) is 14.8. The van der Waals surface area contributed by atoms with Gasteiger partial charge in [-0.05, 0) is 31.3 Å². The summed E-state index contributed by atoms with van der Waals surface area (Å²) in [5.74, 6) is -5.58. The number of benzene rings is 2. The van der Waals surface area contributed by atoms with Crippen molar-refractivity contribution in [3.63, 3.8) is 0 Å².